The zero-order valence-electron chi connectivity index (χ0n) is 12.8. The summed E-state index contributed by atoms with van der Waals surface area (Å²) in [6.45, 7) is 0. The fraction of sp³-hybridized carbons (Fsp3) is 0.714. The largest absolute Gasteiger partial charge is 0.499 e. The number of unbranched alkanes of at least 4 members (excludes halogenated alkanes) is 1. The summed E-state index contributed by atoms with van der Waals surface area (Å²) < 4.78 is 2.36. The predicted octanol–water partition coefficient (Wildman–Crippen LogP) is 5.34. The Bertz CT molecular complexity index is 498. The molecule has 1 atom stereocenters. The minimum Gasteiger partial charge on any atom is -0.499 e. The van der Waals surface area contributed by atoms with Gasteiger partial charge >= 0.3 is 0 Å². The van der Waals surface area contributed by atoms with Crippen molar-refractivity contribution in [3.8, 4) is 0 Å². The number of halogens is 6. The third-order valence-electron chi connectivity index (χ3n) is 3.45. The number of amides is 2. The summed E-state index contributed by atoms with van der Waals surface area (Å²) >= 11 is 34.3. The topological polar surface area (TPSA) is 46.6 Å². The average Bonchev–Trinajstić information content (AvgIpc) is 2.75. The highest BCUT2D eigenvalue weighted by Crippen LogP contribution is 2.35. The maximum atomic E-state index is 12.4. The summed E-state index contributed by atoms with van der Waals surface area (Å²) in [5.41, 5.74) is 0. The van der Waals surface area contributed by atoms with Crippen molar-refractivity contribution in [3.63, 3.8) is 0 Å². The zero-order valence-corrected chi connectivity index (χ0v) is 17.4. The maximum Gasteiger partial charge on any atom is 0.257 e. The van der Waals surface area contributed by atoms with E-state index in [-0.39, 0.29) is 18.7 Å². The molecule has 1 aliphatic heterocycles. The van der Waals surface area contributed by atoms with Gasteiger partial charge in [-0.25, -0.2) is 0 Å². The van der Waals surface area contributed by atoms with E-state index in [4.69, 9.17) is 74.3 Å². The number of carbonyl (C=O) groups excluding carboxylic acids is 2. The lowest BCUT2D eigenvalue weighted by atomic mass is 10.1. The number of alkyl halides is 6. The van der Waals surface area contributed by atoms with Crippen LogP contribution in [0.25, 0.3) is 0 Å². The number of hydrogen-bond acceptors (Lipinski definition) is 3. The second-order valence-electron chi connectivity index (χ2n) is 5.34. The predicted molar refractivity (Wildman–Crippen MR) is 99.0 cm³/mol. The van der Waals surface area contributed by atoms with Gasteiger partial charge in [-0.2, -0.15) is 0 Å². The quantitative estimate of drug-likeness (QED) is 0.381. The smallest absolute Gasteiger partial charge is 0.257 e. The molecule has 1 rings (SSSR count). The highest BCUT2D eigenvalue weighted by Gasteiger charge is 2.39. The first-order valence-corrected chi connectivity index (χ1v) is 9.46. The zero-order chi connectivity index (χ0) is 18.5. The van der Waals surface area contributed by atoms with Crippen molar-refractivity contribution >= 4 is 81.4 Å². The Morgan fingerprint density at radius 1 is 1.12 bits per heavy atom. The van der Waals surface area contributed by atoms with Gasteiger partial charge in [-0.3, -0.25) is 14.5 Å². The highest BCUT2D eigenvalue weighted by atomic mass is 35.6. The Morgan fingerprint density at radius 2 is 1.71 bits per heavy atom. The van der Waals surface area contributed by atoms with E-state index < -0.39 is 19.5 Å². The Morgan fingerprint density at radius 3 is 2.21 bits per heavy atom. The molecule has 0 saturated heterocycles. The number of carbonyl (C=O) groups is 2. The molecule has 0 aromatic heterocycles. The third kappa shape index (κ3) is 7.76. The van der Waals surface area contributed by atoms with E-state index in [0.717, 1.165) is 4.90 Å². The van der Waals surface area contributed by atoms with Gasteiger partial charge in [0.25, 0.3) is 5.91 Å². The second-order valence-corrected chi connectivity index (χ2v) is 10.4. The lowest BCUT2D eigenvalue weighted by molar-refractivity contribution is -0.143. The molecule has 138 valence electrons. The molecule has 0 saturated carbocycles. The van der Waals surface area contributed by atoms with Crippen LogP contribution in [0.3, 0.4) is 0 Å². The summed E-state index contributed by atoms with van der Waals surface area (Å²) in [5.74, 6) is -0.390. The molecule has 0 aliphatic carbocycles. The Labute approximate surface area is 171 Å². The van der Waals surface area contributed by atoms with Crippen LogP contribution >= 0.6 is 69.6 Å². The lowest BCUT2D eigenvalue weighted by Crippen LogP contribution is -2.41. The third-order valence-corrected chi connectivity index (χ3v) is 4.58. The van der Waals surface area contributed by atoms with Crippen LogP contribution in [0, 0.1) is 0 Å². The molecular formula is C14H17Cl6NO3. The van der Waals surface area contributed by atoms with Gasteiger partial charge in [0.1, 0.15) is 5.76 Å². The van der Waals surface area contributed by atoms with E-state index in [0.29, 0.717) is 31.4 Å². The molecule has 0 fully saturated rings. The van der Waals surface area contributed by atoms with Crippen LogP contribution in [0.15, 0.2) is 11.8 Å². The summed E-state index contributed by atoms with van der Waals surface area (Å²) in [6, 6.07) is -0.571. The van der Waals surface area contributed by atoms with Crippen molar-refractivity contribution in [3.05, 3.63) is 11.8 Å². The molecular weight excluding hydrogens is 443 g/mol. The van der Waals surface area contributed by atoms with Gasteiger partial charge < -0.3 is 4.74 Å². The minimum absolute atomic E-state index is 0.154. The molecule has 0 radical (unpaired) electrons. The van der Waals surface area contributed by atoms with Crippen LogP contribution in [0.5, 0.6) is 0 Å². The molecule has 0 N–H and O–H groups in total. The normalized spacial score (nSPS) is 18.8. The van der Waals surface area contributed by atoms with Crippen molar-refractivity contribution in [1.82, 2.24) is 4.90 Å². The Kier molecular flexibility index (Phi) is 8.78. The van der Waals surface area contributed by atoms with Crippen LogP contribution in [-0.4, -0.2) is 37.5 Å². The van der Waals surface area contributed by atoms with E-state index >= 15 is 0 Å². The van der Waals surface area contributed by atoms with Gasteiger partial charge in [-0.1, -0.05) is 69.6 Å². The Hall–Kier alpha value is 0.420. The van der Waals surface area contributed by atoms with E-state index in [9.17, 15) is 9.59 Å². The number of rotatable bonds is 7. The molecule has 24 heavy (non-hydrogen) atoms. The number of nitrogens with zero attached hydrogens (tertiary/aromatic N) is 1. The first kappa shape index (κ1) is 22.5. The molecule has 0 unspecified atom stereocenters. The monoisotopic (exact) mass is 457 g/mol. The van der Waals surface area contributed by atoms with Crippen LogP contribution in [0.4, 0.5) is 0 Å². The maximum absolute atomic E-state index is 12.4. The van der Waals surface area contributed by atoms with Gasteiger partial charge in [0.2, 0.25) is 5.91 Å². The van der Waals surface area contributed by atoms with Gasteiger partial charge in [0.05, 0.1) is 13.2 Å². The fourth-order valence-electron chi connectivity index (χ4n) is 2.35. The molecule has 0 spiro atoms. The molecule has 10 heteroatoms. The summed E-state index contributed by atoms with van der Waals surface area (Å²) in [5, 5.41) is 0. The Balaban J connectivity index is 2.65. The molecule has 4 nitrogen and oxygen atoms in total. The fourth-order valence-corrected chi connectivity index (χ4v) is 3.08. The first-order chi connectivity index (χ1) is 10.9. The van der Waals surface area contributed by atoms with Crippen LogP contribution in [0.2, 0.25) is 0 Å². The van der Waals surface area contributed by atoms with E-state index in [2.05, 4.69) is 0 Å². The van der Waals surface area contributed by atoms with Crippen LogP contribution in [0.1, 0.15) is 38.5 Å². The van der Waals surface area contributed by atoms with Gasteiger partial charge in [-0.05, 0) is 32.1 Å². The number of ether oxygens (including phenoxy) is 1. The highest BCUT2D eigenvalue weighted by molar-refractivity contribution is 6.67. The van der Waals surface area contributed by atoms with Gasteiger partial charge in [-0.15, -0.1) is 0 Å². The SMILES string of the molecule is COC1=CC(=O)N(C(=O)CCCCC(Cl)(Cl)Cl)[C@@H]1CCC(Cl)(Cl)Cl. The number of imide groups is 1. The minimum atomic E-state index is -1.47. The number of methoxy groups -OCH3 is 1. The van der Waals surface area contributed by atoms with Crippen LogP contribution in [-0.2, 0) is 14.3 Å². The molecule has 1 heterocycles. The van der Waals surface area contributed by atoms with Gasteiger partial charge in [0, 0.05) is 12.5 Å². The summed E-state index contributed by atoms with van der Waals surface area (Å²) in [7, 11) is 1.43. The summed E-state index contributed by atoms with van der Waals surface area (Å²) in [6.07, 6.45) is 3.28. The van der Waals surface area contributed by atoms with Crippen molar-refractivity contribution in [2.45, 2.75) is 52.2 Å². The summed E-state index contributed by atoms with van der Waals surface area (Å²) in [4.78, 5) is 25.6. The van der Waals surface area contributed by atoms with E-state index in [1.165, 1.54) is 13.2 Å². The van der Waals surface area contributed by atoms with Crippen LogP contribution < -0.4 is 0 Å². The van der Waals surface area contributed by atoms with Crippen molar-refractivity contribution in [2.24, 2.45) is 0 Å². The molecule has 0 aromatic rings. The van der Waals surface area contributed by atoms with E-state index in [1.807, 2.05) is 0 Å². The molecule has 0 bridgehead atoms. The van der Waals surface area contributed by atoms with Crippen molar-refractivity contribution in [1.29, 1.82) is 0 Å². The molecule has 1 aliphatic rings. The average molecular weight is 460 g/mol. The first-order valence-electron chi connectivity index (χ1n) is 7.19. The standard InChI is InChI=1S/C14H17Cl6NO3/c1-24-10-8-12(23)21(9(10)5-7-14(18,19)20)11(22)4-2-3-6-13(15,16)17/h8-9H,2-7H2,1H3/t9-/m1/s1. The molecule has 0 aromatic carbocycles. The van der Waals surface area contributed by atoms with Crippen molar-refractivity contribution < 1.29 is 14.3 Å². The second kappa shape index (κ2) is 9.38. The molecule has 2 amide bonds. The number of hydrogen-bond donors (Lipinski definition) is 0. The lowest BCUT2D eigenvalue weighted by Gasteiger charge is -2.26. The van der Waals surface area contributed by atoms with Gasteiger partial charge in [0.15, 0.2) is 7.59 Å². The van der Waals surface area contributed by atoms with Crippen molar-refractivity contribution in [2.75, 3.05) is 7.11 Å². The van der Waals surface area contributed by atoms with E-state index in [1.54, 1.807) is 0 Å².